The van der Waals surface area contributed by atoms with Crippen LogP contribution < -0.4 is 10.2 Å². The molecule has 6 nitrogen and oxygen atoms in total. The average molecular weight is 472 g/mol. The molecule has 5 rings (SSSR count). The maximum Gasteiger partial charge on any atom is 0.238 e. The predicted molar refractivity (Wildman–Crippen MR) is 124 cm³/mol. The number of aromatic nitrogens is 3. The predicted octanol–water partition coefficient (Wildman–Crippen LogP) is 4.77. The van der Waals surface area contributed by atoms with E-state index in [4.69, 9.17) is 11.6 Å². The van der Waals surface area contributed by atoms with Crippen LogP contribution in [0.15, 0.2) is 53.7 Å². The van der Waals surface area contributed by atoms with Gasteiger partial charge in [0, 0.05) is 24.2 Å². The first kappa shape index (κ1) is 21.3. The summed E-state index contributed by atoms with van der Waals surface area (Å²) in [6, 6.07) is 13.8. The van der Waals surface area contributed by atoms with Gasteiger partial charge in [0.1, 0.15) is 11.1 Å². The standard InChI is InChI=1S/C23H23ClFN5OS/c24-16-4-3-5-19(14-16)30-22(29-12-1-2-13-29)27-28-23(30)32-20(21(31)26-18-10-11-18)15-6-8-17(25)9-7-15/h3-9,14,18,20H,1-2,10-13H2,(H,26,31). The van der Waals surface area contributed by atoms with Crippen molar-refractivity contribution < 1.29 is 9.18 Å². The van der Waals surface area contributed by atoms with Crippen molar-refractivity contribution in [1.29, 1.82) is 0 Å². The van der Waals surface area contributed by atoms with E-state index in [1.54, 1.807) is 12.1 Å². The van der Waals surface area contributed by atoms with Gasteiger partial charge in [-0.25, -0.2) is 4.39 Å². The summed E-state index contributed by atoms with van der Waals surface area (Å²) in [4.78, 5) is 15.3. The number of hydrogen-bond donors (Lipinski definition) is 1. The van der Waals surface area contributed by atoms with Crippen molar-refractivity contribution in [2.75, 3.05) is 18.0 Å². The van der Waals surface area contributed by atoms with E-state index in [9.17, 15) is 9.18 Å². The van der Waals surface area contributed by atoms with Gasteiger partial charge in [-0.3, -0.25) is 9.36 Å². The van der Waals surface area contributed by atoms with E-state index in [0.717, 1.165) is 56.0 Å². The lowest BCUT2D eigenvalue weighted by atomic mass is 10.1. The Balaban J connectivity index is 1.54. The Morgan fingerprint density at radius 3 is 2.56 bits per heavy atom. The quantitative estimate of drug-likeness (QED) is 0.503. The van der Waals surface area contributed by atoms with Gasteiger partial charge in [-0.1, -0.05) is 41.6 Å². The second-order valence-electron chi connectivity index (χ2n) is 8.12. The maximum absolute atomic E-state index is 13.5. The Kier molecular flexibility index (Phi) is 6.06. The van der Waals surface area contributed by atoms with Gasteiger partial charge in [-0.05, 0) is 61.6 Å². The average Bonchev–Trinajstić information content (AvgIpc) is 3.25. The monoisotopic (exact) mass is 471 g/mol. The third kappa shape index (κ3) is 4.61. The van der Waals surface area contributed by atoms with Gasteiger partial charge in [-0.2, -0.15) is 0 Å². The highest BCUT2D eigenvalue weighted by molar-refractivity contribution is 8.00. The van der Waals surface area contributed by atoms with Crippen LogP contribution in [0.3, 0.4) is 0 Å². The molecular formula is C23H23ClFN5OS. The molecule has 0 bridgehead atoms. The zero-order valence-corrected chi connectivity index (χ0v) is 18.9. The number of halogens is 2. The number of thioether (sulfide) groups is 1. The van der Waals surface area contributed by atoms with Gasteiger partial charge < -0.3 is 10.2 Å². The fourth-order valence-electron chi connectivity index (χ4n) is 3.82. The fraction of sp³-hybridized carbons (Fsp3) is 0.348. The molecular weight excluding hydrogens is 449 g/mol. The van der Waals surface area contributed by atoms with Crippen molar-refractivity contribution >= 4 is 35.2 Å². The molecule has 1 saturated heterocycles. The van der Waals surface area contributed by atoms with Crippen LogP contribution in [0.4, 0.5) is 10.3 Å². The van der Waals surface area contributed by atoms with E-state index in [1.165, 1.54) is 23.9 Å². The van der Waals surface area contributed by atoms with Gasteiger partial charge >= 0.3 is 0 Å². The van der Waals surface area contributed by atoms with Gasteiger partial charge in [0.25, 0.3) is 0 Å². The molecule has 1 N–H and O–H groups in total. The van der Waals surface area contributed by atoms with E-state index in [1.807, 2.05) is 28.8 Å². The van der Waals surface area contributed by atoms with Crippen LogP contribution in [0, 0.1) is 5.82 Å². The maximum atomic E-state index is 13.5. The molecule has 2 aliphatic rings. The summed E-state index contributed by atoms with van der Waals surface area (Å²) in [6.07, 6.45) is 4.19. The Morgan fingerprint density at radius 2 is 1.88 bits per heavy atom. The molecule has 1 saturated carbocycles. The van der Waals surface area contributed by atoms with E-state index < -0.39 is 5.25 Å². The highest BCUT2D eigenvalue weighted by Gasteiger charge is 2.32. The number of nitrogens with zero attached hydrogens (tertiary/aromatic N) is 4. The van der Waals surface area contributed by atoms with Gasteiger partial charge in [0.05, 0.1) is 5.69 Å². The summed E-state index contributed by atoms with van der Waals surface area (Å²) in [5, 5.41) is 12.6. The zero-order chi connectivity index (χ0) is 22.1. The van der Waals surface area contributed by atoms with Crippen LogP contribution in [0.2, 0.25) is 5.02 Å². The Labute approximate surface area is 195 Å². The summed E-state index contributed by atoms with van der Waals surface area (Å²) in [7, 11) is 0. The SMILES string of the molecule is O=C(NC1CC1)C(Sc1nnc(N2CCCC2)n1-c1cccc(Cl)c1)c1ccc(F)cc1. The number of carbonyl (C=O) groups excluding carboxylic acids is 1. The summed E-state index contributed by atoms with van der Waals surface area (Å²) in [5.74, 6) is 0.304. The van der Waals surface area contributed by atoms with Crippen LogP contribution in [0.5, 0.6) is 0 Å². The largest absolute Gasteiger partial charge is 0.352 e. The van der Waals surface area contributed by atoms with E-state index >= 15 is 0 Å². The number of rotatable bonds is 7. The first-order valence-corrected chi connectivity index (χ1v) is 12.0. The molecule has 32 heavy (non-hydrogen) atoms. The third-order valence-corrected chi connectivity index (χ3v) is 7.06. The lowest BCUT2D eigenvalue weighted by molar-refractivity contribution is -0.120. The molecule has 1 aromatic heterocycles. The van der Waals surface area contributed by atoms with Crippen molar-refractivity contribution in [3.8, 4) is 5.69 Å². The van der Waals surface area contributed by atoms with Crippen molar-refractivity contribution in [3.63, 3.8) is 0 Å². The highest BCUT2D eigenvalue weighted by Crippen LogP contribution is 2.39. The van der Waals surface area contributed by atoms with Crippen molar-refractivity contribution in [3.05, 3.63) is 64.9 Å². The summed E-state index contributed by atoms with van der Waals surface area (Å²) >= 11 is 7.60. The van der Waals surface area contributed by atoms with Gasteiger partial charge in [0.15, 0.2) is 5.16 Å². The molecule has 9 heteroatoms. The molecule has 1 aliphatic carbocycles. The summed E-state index contributed by atoms with van der Waals surface area (Å²) in [5.41, 5.74) is 1.56. The van der Waals surface area contributed by atoms with Crippen molar-refractivity contribution in [2.45, 2.75) is 42.1 Å². The third-order valence-electron chi connectivity index (χ3n) is 5.63. The lowest BCUT2D eigenvalue weighted by Crippen LogP contribution is -2.30. The minimum absolute atomic E-state index is 0.104. The number of nitrogens with one attached hydrogen (secondary N) is 1. The molecule has 1 unspecified atom stereocenters. The molecule has 2 heterocycles. The zero-order valence-electron chi connectivity index (χ0n) is 17.4. The van der Waals surface area contributed by atoms with E-state index in [0.29, 0.717) is 10.2 Å². The Hall–Kier alpha value is -2.58. The topological polar surface area (TPSA) is 63.1 Å². The fourth-order valence-corrected chi connectivity index (χ4v) is 5.07. The Bertz CT molecular complexity index is 1110. The van der Waals surface area contributed by atoms with Crippen LogP contribution in [0.1, 0.15) is 36.5 Å². The second-order valence-corrected chi connectivity index (χ2v) is 9.63. The molecule has 1 aliphatic heterocycles. The number of carbonyl (C=O) groups is 1. The van der Waals surface area contributed by atoms with Crippen LogP contribution >= 0.6 is 23.4 Å². The van der Waals surface area contributed by atoms with E-state index in [-0.39, 0.29) is 17.8 Å². The molecule has 1 amide bonds. The van der Waals surface area contributed by atoms with Gasteiger partial charge in [-0.15, -0.1) is 10.2 Å². The Morgan fingerprint density at radius 1 is 1.12 bits per heavy atom. The minimum atomic E-state index is -0.579. The summed E-state index contributed by atoms with van der Waals surface area (Å²) in [6.45, 7) is 1.82. The highest BCUT2D eigenvalue weighted by atomic mass is 35.5. The first-order chi connectivity index (χ1) is 15.6. The molecule has 0 radical (unpaired) electrons. The number of amides is 1. The first-order valence-electron chi connectivity index (χ1n) is 10.8. The molecule has 3 aromatic rings. The molecule has 0 spiro atoms. The minimum Gasteiger partial charge on any atom is -0.352 e. The van der Waals surface area contributed by atoms with Gasteiger partial charge in [0.2, 0.25) is 11.9 Å². The van der Waals surface area contributed by atoms with Crippen LogP contribution in [-0.2, 0) is 4.79 Å². The number of hydrogen-bond acceptors (Lipinski definition) is 5. The number of anilines is 1. The van der Waals surface area contributed by atoms with Crippen LogP contribution in [-0.4, -0.2) is 39.8 Å². The van der Waals surface area contributed by atoms with Crippen molar-refractivity contribution in [1.82, 2.24) is 20.1 Å². The molecule has 2 fully saturated rings. The number of benzene rings is 2. The van der Waals surface area contributed by atoms with E-state index in [2.05, 4.69) is 20.4 Å². The van der Waals surface area contributed by atoms with Crippen LogP contribution in [0.25, 0.3) is 5.69 Å². The molecule has 166 valence electrons. The van der Waals surface area contributed by atoms with Crippen molar-refractivity contribution in [2.24, 2.45) is 0 Å². The molecule has 2 aromatic carbocycles. The lowest BCUT2D eigenvalue weighted by Gasteiger charge is -2.20. The second kappa shape index (κ2) is 9.11. The smallest absolute Gasteiger partial charge is 0.238 e. The normalized spacial score (nSPS) is 16.9. The summed E-state index contributed by atoms with van der Waals surface area (Å²) < 4.78 is 15.5. The molecule has 1 atom stereocenters.